The summed E-state index contributed by atoms with van der Waals surface area (Å²) >= 11 is 1.15. The van der Waals surface area contributed by atoms with Crippen LogP contribution in [0.4, 0.5) is 0 Å². The Kier molecular flexibility index (Phi) is 24.5. The Hall–Kier alpha value is -4.08. The van der Waals surface area contributed by atoms with Gasteiger partial charge in [-0.25, -0.2) is 4.98 Å². The number of aromatic hydroxyl groups is 1. The number of ether oxygens (including phenoxy) is 2. The van der Waals surface area contributed by atoms with Gasteiger partial charge >= 0.3 is 11.9 Å². The maximum atomic E-state index is 14.0. The van der Waals surface area contributed by atoms with Gasteiger partial charge in [0, 0.05) is 38.4 Å². The van der Waals surface area contributed by atoms with Crippen LogP contribution in [-0.2, 0) is 28.7 Å². The minimum atomic E-state index is -0.938. The molecule has 56 heavy (non-hydrogen) atoms. The quantitative estimate of drug-likeness (QED) is 0.0707. The summed E-state index contributed by atoms with van der Waals surface area (Å²) in [7, 11) is 1.93. The van der Waals surface area contributed by atoms with E-state index in [1.807, 2.05) is 51.8 Å². The monoisotopic (exact) mass is 805 g/mol. The van der Waals surface area contributed by atoms with Gasteiger partial charge in [-0.3, -0.25) is 28.9 Å². The first-order valence-corrected chi connectivity index (χ1v) is 20.7. The molecule has 5 atom stereocenters. The molecular formula is C41H67N5O9S. The predicted molar refractivity (Wildman–Crippen MR) is 218 cm³/mol. The molecule has 316 valence electrons. The molecule has 3 amide bonds. The van der Waals surface area contributed by atoms with E-state index in [9.17, 15) is 24.0 Å². The van der Waals surface area contributed by atoms with E-state index in [1.165, 1.54) is 18.9 Å². The number of piperidine rings is 1. The maximum Gasteiger partial charge on any atom is 0.306 e. The molecule has 1 aromatic carbocycles. The number of hydrogen-bond acceptors (Lipinski definition) is 11. The number of esters is 1. The van der Waals surface area contributed by atoms with Crippen molar-refractivity contribution in [2.75, 3.05) is 40.0 Å². The summed E-state index contributed by atoms with van der Waals surface area (Å²) in [5, 5.41) is 25.4. The Balaban J connectivity index is 0.00000123. The molecule has 2 aromatic rings. The fourth-order valence-corrected chi connectivity index (χ4v) is 6.36. The van der Waals surface area contributed by atoms with Crippen LogP contribution in [0, 0.1) is 18.8 Å². The Labute approximate surface area is 337 Å². The van der Waals surface area contributed by atoms with Gasteiger partial charge in [0.25, 0.3) is 5.91 Å². The number of aliphatic carboxylic acids is 1. The highest BCUT2D eigenvalue weighted by Crippen LogP contribution is 2.26. The largest absolute Gasteiger partial charge is 0.508 e. The number of benzene rings is 1. The SMILES string of the molecule is CCC.CCCOCN(CC[C@@H](OC(C)=O)c1nc(C(=O)NCCC(C)C(=O)O)cs1)C(=O)C(NC(=O)C1CCCCN1C)C(C)CC.Cc1ccc(O)cc1. The lowest BCUT2D eigenvalue weighted by molar-refractivity contribution is -0.149. The van der Waals surface area contributed by atoms with E-state index in [-0.39, 0.29) is 62.1 Å². The number of carbonyl (C=O) groups excluding carboxylic acids is 4. The van der Waals surface area contributed by atoms with Gasteiger partial charge in [-0.15, -0.1) is 11.3 Å². The number of aromatic nitrogens is 1. The Bertz CT molecular complexity index is 1450. The minimum absolute atomic E-state index is 0.00584. The molecule has 4 unspecified atom stereocenters. The first-order valence-electron chi connectivity index (χ1n) is 19.9. The van der Waals surface area contributed by atoms with Crippen LogP contribution in [0.15, 0.2) is 29.6 Å². The van der Waals surface area contributed by atoms with Crippen LogP contribution in [0.2, 0.25) is 0 Å². The summed E-state index contributed by atoms with van der Waals surface area (Å²) in [5.41, 5.74) is 1.30. The first kappa shape index (κ1) is 49.9. The topological polar surface area (TPSA) is 188 Å². The van der Waals surface area contributed by atoms with Gasteiger partial charge in [0.1, 0.15) is 29.2 Å². The molecule has 15 heteroatoms. The van der Waals surface area contributed by atoms with Crippen molar-refractivity contribution in [2.24, 2.45) is 11.8 Å². The number of aryl methyl sites for hydroxylation is 1. The number of amides is 3. The molecule has 1 aliphatic rings. The number of carboxylic acid groups (broad SMARTS) is 1. The van der Waals surface area contributed by atoms with Crippen molar-refractivity contribution < 1.29 is 43.7 Å². The standard InChI is InChI=1S/C31H51N5O8S.C7H8O.C3H8/c1-7-17-43-19-36(30(40)26(20(3)8-2)34-28(39)24-11-9-10-15-35(24)6)16-13-25(44-22(5)37)29-33-23(18-45-29)27(38)32-14-12-21(4)31(41)42;1-6-2-4-7(8)5-3-6;1-3-2/h18,20-21,24-26H,7-17,19H2,1-6H3,(H,32,38)(H,34,39)(H,41,42);2-5,8H,1H3;3H2,1-2H3/t20?,21?,24?,25-,26?;;/m1../s1. The van der Waals surface area contributed by atoms with Gasteiger partial charge in [0.2, 0.25) is 11.8 Å². The number of nitrogens with one attached hydrogen (secondary N) is 2. The molecule has 1 saturated heterocycles. The molecule has 0 aliphatic carbocycles. The van der Waals surface area contributed by atoms with Crippen molar-refractivity contribution in [1.82, 2.24) is 25.4 Å². The number of phenols is 1. The van der Waals surface area contributed by atoms with Crippen molar-refractivity contribution in [3.8, 4) is 5.75 Å². The molecule has 1 fully saturated rings. The number of likely N-dealkylation sites (N-methyl/N-ethyl adjacent to an activating group) is 1. The second-order valence-electron chi connectivity index (χ2n) is 14.3. The van der Waals surface area contributed by atoms with Gasteiger partial charge < -0.3 is 35.2 Å². The molecule has 0 spiro atoms. The molecule has 2 heterocycles. The van der Waals surface area contributed by atoms with E-state index in [1.54, 1.807) is 29.3 Å². The second-order valence-corrected chi connectivity index (χ2v) is 15.2. The third-order valence-corrected chi connectivity index (χ3v) is 10.0. The van der Waals surface area contributed by atoms with Gasteiger partial charge in [0.05, 0.1) is 12.0 Å². The van der Waals surface area contributed by atoms with Crippen molar-refractivity contribution in [1.29, 1.82) is 0 Å². The minimum Gasteiger partial charge on any atom is -0.508 e. The summed E-state index contributed by atoms with van der Waals surface area (Å²) in [4.78, 5) is 70.9. The van der Waals surface area contributed by atoms with Gasteiger partial charge in [-0.1, -0.05) is 78.5 Å². The second kappa shape index (κ2) is 27.5. The summed E-state index contributed by atoms with van der Waals surface area (Å²) < 4.78 is 11.3. The Morgan fingerprint density at radius 2 is 1.71 bits per heavy atom. The third-order valence-electron chi connectivity index (χ3n) is 9.08. The van der Waals surface area contributed by atoms with Crippen molar-refractivity contribution >= 4 is 41.0 Å². The average molecular weight is 806 g/mol. The molecule has 0 radical (unpaired) electrons. The first-order chi connectivity index (χ1) is 26.6. The van der Waals surface area contributed by atoms with Crippen LogP contribution in [-0.4, -0.2) is 107 Å². The van der Waals surface area contributed by atoms with Crippen LogP contribution >= 0.6 is 11.3 Å². The lowest BCUT2D eigenvalue weighted by Gasteiger charge is -2.35. The number of carboxylic acids is 1. The highest BCUT2D eigenvalue weighted by atomic mass is 32.1. The molecular weight excluding hydrogens is 739 g/mol. The van der Waals surface area contributed by atoms with Crippen LogP contribution < -0.4 is 10.6 Å². The zero-order valence-electron chi connectivity index (χ0n) is 35.0. The highest BCUT2D eigenvalue weighted by Gasteiger charge is 2.34. The van der Waals surface area contributed by atoms with Gasteiger partial charge in [-0.2, -0.15) is 0 Å². The predicted octanol–water partition coefficient (Wildman–Crippen LogP) is 6.32. The smallest absolute Gasteiger partial charge is 0.306 e. The van der Waals surface area contributed by atoms with E-state index in [0.29, 0.717) is 23.8 Å². The number of hydrogen-bond donors (Lipinski definition) is 4. The summed E-state index contributed by atoms with van der Waals surface area (Å²) in [6.45, 7) is 16.6. The number of carbonyl (C=O) groups is 5. The van der Waals surface area contributed by atoms with Crippen LogP contribution in [0.25, 0.3) is 0 Å². The van der Waals surface area contributed by atoms with Crippen molar-refractivity contribution in [3.05, 3.63) is 45.9 Å². The molecule has 0 bridgehead atoms. The van der Waals surface area contributed by atoms with Crippen LogP contribution in [0.5, 0.6) is 5.75 Å². The molecule has 0 saturated carbocycles. The number of rotatable bonds is 19. The van der Waals surface area contributed by atoms with E-state index in [2.05, 4.69) is 29.5 Å². The van der Waals surface area contributed by atoms with Crippen LogP contribution in [0.3, 0.4) is 0 Å². The lowest BCUT2D eigenvalue weighted by Crippen LogP contribution is -2.57. The van der Waals surface area contributed by atoms with E-state index >= 15 is 0 Å². The summed E-state index contributed by atoms with van der Waals surface area (Å²) in [6.07, 6.45) is 5.07. The Morgan fingerprint density at radius 3 is 2.27 bits per heavy atom. The summed E-state index contributed by atoms with van der Waals surface area (Å²) in [6, 6.07) is 6.05. The molecule has 3 rings (SSSR count). The number of nitrogens with zero attached hydrogens (tertiary/aromatic N) is 3. The molecule has 1 aliphatic heterocycles. The number of likely N-dealkylation sites (tertiary alicyclic amines) is 1. The Morgan fingerprint density at radius 1 is 1.05 bits per heavy atom. The number of thiazole rings is 1. The zero-order chi connectivity index (χ0) is 42.2. The molecule has 14 nitrogen and oxygen atoms in total. The fourth-order valence-electron chi connectivity index (χ4n) is 5.50. The summed E-state index contributed by atoms with van der Waals surface area (Å²) in [5.74, 6) is -2.77. The van der Waals surface area contributed by atoms with Crippen molar-refractivity contribution in [2.45, 2.75) is 125 Å². The van der Waals surface area contributed by atoms with E-state index < -0.39 is 35.9 Å². The highest BCUT2D eigenvalue weighted by molar-refractivity contribution is 7.09. The fraction of sp³-hybridized carbons (Fsp3) is 0.659. The van der Waals surface area contributed by atoms with Crippen LogP contribution in [0.1, 0.15) is 127 Å². The van der Waals surface area contributed by atoms with Gasteiger partial charge in [-0.05, 0) is 64.3 Å². The lowest BCUT2D eigenvalue weighted by atomic mass is 9.96. The zero-order valence-corrected chi connectivity index (χ0v) is 35.8. The van der Waals surface area contributed by atoms with Gasteiger partial charge in [0.15, 0.2) is 6.10 Å². The normalized spacial score (nSPS) is 16.0. The van der Waals surface area contributed by atoms with E-state index in [0.717, 1.165) is 43.6 Å². The molecule has 1 aromatic heterocycles. The maximum absolute atomic E-state index is 14.0. The number of phenolic OH excluding ortho intramolecular Hbond substituents is 1. The molecule has 4 N–H and O–H groups in total. The van der Waals surface area contributed by atoms with Crippen molar-refractivity contribution in [3.63, 3.8) is 0 Å². The van der Waals surface area contributed by atoms with E-state index in [4.69, 9.17) is 19.7 Å². The third kappa shape index (κ3) is 18.7. The average Bonchev–Trinajstić information content (AvgIpc) is 3.66.